The lowest BCUT2D eigenvalue weighted by atomic mass is 10.0. The van der Waals surface area contributed by atoms with Crippen molar-refractivity contribution in [3.05, 3.63) is 94.8 Å². The zero-order chi connectivity index (χ0) is 20.2. The molecule has 0 aliphatic heterocycles. The summed E-state index contributed by atoms with van der Waals surface area (Å²) >= 11 is 0. The van der Waals surface area contributed by atoms with Gasteiger partial charge in [0.15, 0.2) is 12.4 Å². The quantitative estimate of drug-likeness (QED) is 0.354. The number of carbonyl (C=O) groups is 1. The van der Waals surface area contributed by atoms with Gasteiger partial charge in [0.2, 0.25) is 0 Å². The first kappa shape index (κ1) is 18.5. The Balaban J connectivity index is 1.57. The number of Topliss-reactive ketones (excluding diaryl/α,β-unsaturated/α-hetero) is 1. The Hall–Kier alpha value is -3.86. The van der Waals surface area contributed by atoms with Crippen LogP contribution in [0.1, 0.15) is 10.4 Å². The highest BCUT2D eigenvalue weighted by molar-refractivity contribution is 5.97. The predicted octanol–water partition coefficient (Wildman–Crippen LogP) is 4.73. The van der Waals surface area contributed by atoms with Gasteiger partial charge in [-0.3, -0.25) is 4.79 Å². The molecule has 0 amide bonds. The molecule has 0 saturated carbocycles. The minimum absolute atomic E-state index is 0.125. The molecule has 4 rings (SSSR count). The Labute approximate surface area is 167 Å². The predicted molar refractivity (Wildman–Crippen MR) is 111 cm³/mol. The van der Waals surface area contributed by atoms with Gasteiger partial charge in [-0.2, -0.15) is 0 Å². The molecule has 3 aromatic carbocycles. The molecule has 0 unspecified atom stereocenters. The molecular formula is C24H18O5. The fraction of sp³-hybridized carbons (Fsp3) is 0.0833. The molecule has 0 aliphatic carbocycles. The molecule has 0 bridgehead atoms. The first-order chi connectivity index (χ1) is 14.1. The molecule has 0 aliphatic rings. The van der Waals surface area contributed by atoms with Crippen molar-refractivity contribution in [3.8, 4) is 22.6 Å². The Morgan fingerprint density at radius 3 is 2.34 bits per heavy atom. The van der Waals surface area contributed by atoms with E-state index in [0.717, 1.165) is 16.5 Å². The van der Waals surface area contributed by atoms with Crippen LogP contribution in [0.5, 0.6) is 11.5 Å². The van der Waals surface area contributed by atoms with Crippen molar-refractivity contribution in [2.45, 2.75) is 0 Å². The molecule has 0 atom stereocenters. The molecule has 5 nitrogen and oxygen atoms in total. The highest BCUT2D eigenvalue weighted by Gasteiger charge is 2.11. The van der Waals surface area contributed by atoms with E-state index in [1.807, 2.05) is 36.4 Å². The Morgan fingerprint density at radius 1 is 0.897 bits per heavy atom. The number of ketones is 1. The standard InChI is InChI=1S/C24H18O5/c1-27-18-9-7-17(8-10-18)22(25)15-28-19-11-12-20-21(16-5-3-2-4-6-16)14-24(26)29-23(20)13-19/h2-14H,15H2,1H3. The van der Waals surface area contributed by atoms with Crippen LogP contribution in [0.2, 0.25) is 0 Å². The van der Waals surface area contributed by atoms with E-state index in [9.17, 15) is 9.59 Å². The van der Waals surface area contributed by atoms with E-state index >= 15 is 0 Å². The lowest BCUT2D eigenvalue weighted by molar-refractivity contribution is 0.0921. The zero-order valence-electron chi connectivity index (χ0n) is 15.8. The number of rotatable bonds is 6. The molecule has 29 heavy (non-hydrogen) atoms. The van der Waals surface area contributed by atoms with E-state index in [1.165, 1.54) is 6.07 Å². The molecule has 0 N–H and O–H groups in total. The summed E-state index contributed by atoms with van der Waals surface area (Å²) in [5, 5.41) is 0.796. The van der Waals surface area contributed by atoms with Crippen molar-refractivity contribution in [1.82, 2.24) is 0 Å². The Kier molecular flexibility index (Phi) is 5.12. The molecule has 0 spiro atoms. The van der Waals surface area contributed by atoms with Gasteiger partial charge in [0.1, 0.15) is 17.1 Å². The van der Waals surface area contributed by atoms with Gasteiger partial charge in [0, 0.05) is 23.1 Å². The fourth-order valence-electron chi connectivity index (χ4n) is 3.10. The Bertz CT molecular complexity index is 1210. The maximum absolute atomic E-state index is 12.3. The van der Waals surface area contributed by atoms with Crippen LogP contribution in [0.3, 0.4) is 0 Å². The van der Waals surface area contributed by atoms with Crippen LogP contribution in [-0.4, -0.2) is 19.5 Å². The molecule has 144 valence electrons. The third-order valence-corrected chi connectivity index (χ3v) is 4.58. The number of hydrogen-bond donors (Lipinski definition) is 0. The largest absolute Gasteiger partial charge is 0.497 e. The third-order valence-electron chi connectivity index (χ3n) is 4.58. The maximum atomic E-state index is 12.3. The van der Waals surface area contributed by atoms with Gasteiger partial charge < -0.3 is 13.9 Å². The molecule has 5 heteroatoms. The van der Waals surface area contributed by atoms with Gasteiger partial charge in [-0.05, 0) is 47.5 Å². The van der Waals surface area contributed by atoms with Crippen molar-refractivity contribution in [1.29, 1.82) is 0 Å². The van der Waals surface area contributed by atoms with Crippen molar-refractivity contribution >= 4 is 16.8 Å². The van der Waals surface area contributed by atoms with Gasteiger partial charge in [0.25, 0.3) is 0 Å². The SMILES string of the molecule is COc1ccc(C(=O)COc2ccc3c(-c4ccccc4)cc(=O)oc3c2)cc1. The van der Waals surface area contributed by atoms with Crippen molar-refractivity contribution in [3.63, 3.8) is 0 Å². The second kappa shape index (κ2) is 8.02. The molecule has 0 saturated heterocycles. The van der Waals surface area contributed by atoms with E-state index in [2.05, 4.69) is 0 Å². The molecule has 0 radical (unpaired) electrons. The fourth-order valence-corrected chi connectivity index (χ4v) is 3.10. The molecule has 4 aromatic rings. The van der Waals surface area contributed by atoms with E-state index in [4.69, 9.17) is 13.9 Å². The maximum Gasteiger partial charge on any atom is 0.336 e. The first-order valence-corrected chi connectivity index (χ1v) is 9.07. The average molecular weight is 386 g/mol. The summed E-state index contributed by atoms with van der Waals surface area (Å²) in [5.74, 6) is 0.973. The third kappa shape index (κ3) is 4.04. The van der Waals surface area contributed by atoms with Crippen LogP contribution in [-0.2, 0) is 0 Å². The van der Waals surface area contributed by atoms with E-state index in [-0.39, 0.29) is 12.4 Å². The van der Waals surface area contributed by atoms with Crippen LogP contribution in [0.15, 0.2) is 88.1 Å². The summed E-state index contributed by atoms with van der Waals surface area (Å²) in [5.41, 5.74) is 2.21. The minimum atomic E-state index is -0.442. The highest BCUT2D eigenvalue weighted by Crippen LogP contribution is 2.29. The summed E-state index contributed by atoms with van der Waals surface area (Å²) in [4.78, 5) is 24.4. The number of fused-ring (bicyclic) bond motifs is 1. The molecule has 1 aromatic heterocycles. The number of benzene rings is 3. The van der Waals surface area contributed by atoms with Crippen molar-refractivity contribution < 1.29 is 18.7 Å². The van der Waals surface area contributed by atoms with Crippen LogP contribution in [0.25, 0.3) is 22.1 Å². The summed E-state index contributed by atoms with van der Waals surface area (Å²) in [7, 11) is 1.57. The zero-order valence-corrected chi connectivity index (χ0v) is 15.8. The van der Waals surface area contributed by atoms with E-state index in [1.54, 1.807) is 43.5 Å². The summed E-state index contributed by atoms with van der Waals surface area (Å²) in [6.07, 6.45) is 0. The number of methoxy groups -OCH3 is 1. The molecule has 1 heterocycles. The summed E-state index contributed by atoms with van der Waals surface area (Å²) < 4.78 is 16.1. The lowest BCUT2D eigenvalue weighted by Crippen LogP contribution is -2.11. The summed E-state index contributed by atoms with van der Waals surface area (Å²) in [6, 6.07) is 23.1. The number of hydrogen-bond acceptors (Lipinski definition) is 5. The molecule has 0 fully saturated rings. The summed E-state index contributed by atoms with van der Waals surface area (Å²) in [6.45, 7) is -0.125. The monoisotopic (exact) mass is 386 g/mol. The van der Waals surface area contributed by atoms with Gasteiger partial charge >= 0.3 is 5.63 Å². The lowest BCUT2D eigenvalue weighted by Gasteiger charge is -2.09. The topological polar surface area (TPSA) is 65.7 Å². The van der Waals surface area contributed by atoms with Crippen molar-refractivity contribution in [2.75, 3.05) is 13.7 Å². The van der Waals surface area contributed by atoms with Crippen LogP contribution >= 0.6 is 0 Å². The number of carbonyl (C=O) groups excluding carboxylic acids is 1. The van der Waals surface area contributed by atoms with Crippen LogP contribution < -0.4 is 15.1 Å². The van der Waals surface area contributed by atoms with Crippen molar-refractivity contribution in [2.24, 2.45) is 0 Å². The second-order valence-corrected chi connectivity index (χ2v) is 6.44. The van der Waals surface area contributed by atoms with E-state index < -0.39 is 5.63 Å². The van der Waals surface area contributed by atoms with E-state index in [0.29, 0.717) is 22.6 Å². The van der Waals surface area contributed by atoms with Gasteiger partial charge in [0.05, 0.1) is 7.11 Å². The smallest absolute Gasteiger partial charge is 0.336 e. The Morgan fingerprint density at radius 2 is 1.62 bits per heavy atom. The number of ether oxygens (including phenoxy) is 2. The van der Waals surface area contributed by atoms with Crippen LogP contribution in [0.4, 0.5) is 0 Å². The van der Waals surface area contributed by atoms with Gasteiger partial charge in [-0.15, -0.1) is 0 Å². The average Bonchev–Trinajstić information content (AvgIpc) is 2.77. The minimum Gasteiger partial charge on any atom is -0.497 e. The normalized spacial score (nSPS) is 10.7. The van der Waals surface area contributed by atoms with Gasteiger partial charge in [-0.25, -0.2) is 4.79 Å². The highest BCUT2D eigenvalue weighted by atomic mass is 16.5. The first-order valence-electron chi connectivity index (χ1n) is 9.07. The van der Waals surface area contributed by atoms with Gasteiger partial charge in [-0.1, -0.05) is 30.3 Å². The second-order valence-electron chi connectivity index (χ2n) is 6.44. The van der Waals surface area contributed by atoms with Crippen LogP contribution in [0, 0.1) is 0 Å². The molecular weight excluding hydrogens is 368 g/mol.